The zero-order chi connectivity index (χ0) is 25.6. The van der Waals surface area contributed by atoms with Gasteiger partial charge in [-0.3, -0.25) is 4.79 Å². The Morgan fingerprint density at radius 3 is 2.56 bits per heavy atom. The fourth-order valence-corrected chi connectivity index (χ4v) is 4.86. The monoisotopic (exact) mass is 544 g/mol. The van der Waals surface area contributed by atoms with E-state index in [1.54, 1.807) is 24.4 Å². The first kappa shape index (κ1) is 24.1. The van der Waals surface area contributed by atoms with Gasteiger partial charge in [-0.1, -0.05) is 67.0 Å². The van der Waals surface area contributed by atoms with E-state index in [4.69, 9.17) is 10.1 Å². The molecule has 5 nitrogen and oxygen atoms in total. The Labute approximate surface area is 217 Å². The molecule has 0 aliphatic heterocycles. The molecule has 0 atom stereocenters. The van der Waals surface area contributed by atoms with Gasteiger partial charge >= 0.3 is 0 Å². The number of fused-ring (bicyclic) bond motifs is 2. The smallest absolute Gasteiger partial charge is 0.282 e. The minimum absolute atomic E-state index is 0.219. The fourth-order valence-electron chi connectivity index (χ4n) is 4.50. The normalized spacial score (nSPS) is 12.3. The Balaban J connectivity index is 1.68. The van der Waals surface area contributed by atoms with Crippen molar-refractivity contribution in [2.45, 2.75) is 39.7 Å². The van der Waals surface area contributed by atoms with Crippen molar-refractivity contribution in [3.63, 3.8) is 0 Å². The molecule has 0 unspecified atom stereocenters. The molecule has 3 aromatic carbocycles. The maximum absolute atomic E-state index is 13.8. The summed E-state index contributed by atoms with van der Waals surface area (Å²) in [4.78, 5) is 18.3. The number of hydrogen-bond donors (Lipinski definition) is 0. The molecular formula is C29H26BrFN4O. The largest absolute Gasteiger partial charge is 0.340 e. The van der Waals surface area contributed by atoms with E-state index in [1.807, 2.05) is 70.2 Å². The van der Waals surface area contributed by atoms with Gasteiger partial charge in [0, 0.05) is 38.6 Å². The Kier molecular flexibility index (Phi) is 6.12. The molecule has 0 fully saturated rings. The number of rotatable bonds is 4. The molecule has 182 valence electrons. The van der Waals surface area contributed by atoms with Crippen molar-refractivity contribution in [1.29, 1.82) is 0 Å². The molecular weight excluding hydrogens is 519 g/mol. The summed E-state index contributed by atoms with van der Waals surface area (Å²) in [7, 11) is 0. The molecule has 2 heterocycles. The van der Waals surface area contributed by atoms with Crippen molar-refractivity contribution in [3.05, 3.63) is 110 Å². The highest BCUT2D eigenvalue weighted by Crippen LogP contribution is 2.27. The van der Waals surface area contributed by atoms with E-state index >= 15 is 0 Å². The summed E-state index contributed by atoms with van der Waals surface area (Å²) in [6, 6.07) is 20.2. The first-order valence-corrected chi connectivity index (χ1v) is 12.5. The van der Waals surface area contributed by atoms with Gasteiger partial charge in [-0.05, 0) is 48.9 Å². The van der Waals surface area contributed by atoms with Crippen LogP contribution in [0.15, 0.2) is 81.1 Å². The lowest BCUT2D eigenvalue weighted by molar-refractivity contribution is 0.506. The number of halogens is 2. The quantitative estimate of drug-likeness (QED) is 0.234. The average Bonchev–Trinajstić information content (AvgIpc) is 3.09. The molecule has 0 amide bonds. The van der Waals surface area contributed by atoms with Crippen LogP contribution in [0.25, 0.3) is 21.8 Å². The molecule has 0 radical (unpaired) electrons. The molecule has 5 aromatic rings. The average molecular weight is 545 g/mol. The van der Waals surface area contributed by atoms with E-state index < -0.39 is 5.41 Å². The van der Waals surface area contributed by atoms with Gasteiger partial charge < -0.3 is 4.57 Å². The second-order valence-electron chi connectivity index (χ2n) is 9.94. The minimum atomic E-state index is -0.405. The van der Waals surface area contributed by atoms with Crippen LogP contribution < -0.4 is 5.56 Å². The van der Waals surface area contributed by atoms with Crippen molar-refractivity contribution < 1.29 is 4.39 Å². The predicted octanol–water partition coefficient (Wildman–Crippen LogP) is 6.79. The molecule has 0 aliphatic carbocycles. The summed E-state index contributed by atoms with van der Waals surface area (Å²) in [5.74, 6) is 0.327. The summed E-state index contributed by atoms with van der Waals surface area (Å²) in [5, 5.41) is 6.21. The summed E-state index contributed by atoms with van der Waals surface area (Å²) in [5.41, 5.74) is 3.79. The van der Waals surface area contributed by atoms with E-state index in [0.717, 1.165) is 32.2 Å². The molecule has 0 saturated carbocycles. The molecule has 2 aromatic heterocycles. The maximum atomic E-state index is 13.8. The van der Waals surface area contributed by atoms with E-state index in [2.05, 4.69) is 20.5 Å². The summed E-state index contributed by atoms with van der Waals surface area (Å²) >= 11 is 3.46. The van der Waals surface area contributed by atoms with Crippen LogP contribution in [0, 0.1) is 12.7 Å². The topological polar surface area (TPSA) is 52.2 Å². The highest BCUT2D eigenvalue weighted by molar-refractivity contribution is 9.10. The van der Waals surface area contributed by atoms with Crippen LogP contribution in [0.1, 0.15) is 43.4 Å². The van der Waals surface area contributed by atoms with Gasteiger partial charge in [0.15, 0.2) is 0 Å². The predicted molar refractivity (Wildman–Crippen MR) is 148 cm³/mol. The van der Waals surface area contributed by atoms with Gasteiger partial charge in [-0.2, -0.15) is 9.78 Å². The number of benzene rings is 3. The van der Waals surface area contributed by atoms with Crippen molar-refractivity contribution in [2.24, 2.45) is 5.10 Å². The first-order valence-electron chi connectivity index (χ1n) is 11.7. The standard InChI is InChI=1S/C29H26BrFN4O/c1-18-24(22-10-5-6-11-26(22)34(18)17-19-8-7-9-21(31)14-19)16-32-35-27(36)23-15-20(30)12-13-25(23)33-28(35)29(2,3)4/h5-16H,17H2,1-4H3. The molecule has 7 heteroatoms. The summed E-state index contributed by atoms with van der Waals surface area (Å²) < 4.78 is 18.2. The van der Waals surface area contributed by atoms with Crippen LogP contribution >= 0.6 is 15.9 Å². The van der Waals surface area contributed by atoms with Crippen LogP contribution in [0.3, 0.4) is 0 Å². The highest BCUT2D eigenvalue weighted by Gasteiger charge is 2.23. The Morgan fingerprint density at radius 1 is 1.03 bits per heavy atom. The summed E-state index contributed by atoms with van der Waals surface area (Å²) in [6.45, 7) is 8.59. The summed E-state index contributed by atoms with van der Waals surface area (Å²) in [6.07, 6.45) is 1.74. The lowest BCUT2D eigenvalue weighted by Gasteiger charge is -2.20. The number of hydrogen-bond acceptors (Lipinski definition) is 3. The van der Waals surface area contributed by atoms with E-state index in [1.165, 1.54) is 10.7 Å². The second kappa shape index (κ2) is 9.13. The molecule has 36 heavy (non-hydrogen) atoms. The molecule has 5 rings (SSSR count). The molecule has 0 N–H and O–H groups in total. The van der Waals surface area contributed by atoms with Gasteiger partial charge in [-0.25, -0.2) is 9.37 Å². The van der Waals surface area contributed by atoms with Crippen molar-refractivity contribution in [2.75, 3.05) is 0 Å². The van der Waals surface area contributed by atoms with E-state index in [-0.39, 0.29) is 11.4 Å². The number of aromatic nitrogens is 3. The van der Waals surface area contributed by atoms with Crippen molar-refractivity contribution in [1.82, 2.24) is 14.2 Å². The lowest BCUT2D eigenvalue weighted by Crippen LogP contribution is -2.29. The van der Waals surface area contributed by atoms with Gasteiger partial charge in [0.1, 0.15) is 11.6 Å². The molecule has 0 spiro atoms. The first-order chi connectivity index (χ1) is 17.1. The zero-order valence-electron chi connectivity index (χ0n) is 20.6. The van der Waals surface area contributed by atoms with Crippen LogP contribution in [0.2, 0.25) is 0 Å². The van der Waals surface area contributed by atoms with E-state index in [0.29, 0.717) is 23.3 Å². The maximum Gasteiger partial charge on any atom is 0.282 e. The van der Waals surface area contributed by atoms with Crippen molar-refractivity contribution >= 4 is 44.0 Å². The number of para-hydroxylation sites is 1. The van der Waals surface area contributed by atoms with Gasteiger partial charge in [0.2, 0.25) is 0 Å². The lowest BCUT2D eigenvalue weighted by atomic mass is 9.95. The van der Waals surface area contributed by atoms with Crippen LogP contribution in [-0.4, -0.2) is 20.4 Å². The third-order valence-electron chi connectivity index (χ3n) is 6.29. The van der Waals surface area contributed by atoms with Crippen LogP contribution in [0.4, 0.5) is 4.39 Å². The van der Waals surface area contributed by atoms with Crippen molar-refractivity contribution in [3.8, 4) is 0 Å². The van der Waals surface area contributed by atoms with Gasteiger partial charge in [-0.15, -0.1) is 0 Å². The Hall–Kier alpha value is -3.58. The fraction of sp³-hybridized carbons (Fsp3) is 0.207. The SMILES string of the molecule is Cc1c(C=Nn2c(C(C)(C)C)nc3ccc(Br)cc3c2=O)c2ccccc2n1Cc1cccc(F)c1. The minimum Gasteiger partial charge on any atom is -0.340 e. The molecule has 0 saturated heterocycles. The van der Waals surface area contributed by atoms with Crippen LogP contribution in [0.5, 0.6) is 0 Å². The third-order valence-corrected chi connectivity index (χ3v) is 6.78. The number of nitrogens with zero attached hydrogens (tertiary/aromatic N) is 4. The van der Waals surface area contributed by atoms with Gasteiger partial charge in [0.25, 0.3) is 5.56 Å². The van der Waals surface area contributed by atoms with E-state index in [9.17, 15) is 9.18 Å². The Bertz CT molecular complexity index is 1710. The van der Waals surface area contributed by atoms with Crippen LogP contribution in [-0.2, 0) is 12.0 Å². The molecule has 0 bridgehead atoms. The van der Waals surface area contributed by atoms with Gasteiger partial charge in [0.05, 0.1) is 17.1 Å². The highest BCUT2D eigenvalue weighted by atomic mass is 79.9. The second-order valence-corrected chi connectivity index (χ2v) is 10.9. The zero-order valence-corrected chi connectivity index (χ0v) is 22.2. The third kappa shape index (κ3) is 4.39. The Morgan fingerprint density at radius 2 is 1.81 bits per heavy atom. The molecule has 0 aliphatic rings.